The Morgan fingerprint density at radius 3 is 2.25 bits per heavy atom. The van der Waals surface area contributed by atoms with Crippen molar-refractivity contribution < 1.29 is 4.39 Å². The molecule has 0 aliphatic heterocycles. The molecule has 0 spiro atoms. The second-order valence-electron chi connectivity index (χ2n) is 6.51. The van der Waals surface area contributed by atoms with Crippen LogP contribution in [0.5, 0.6) is 0 Å². The third kappa shape index (κ3) is 2.61. The monoisotopic (exact) mass is 278 g/mol. The standard InChI is InChI=1S/C17H27FN2/c1-12-10-13(2)15(14(18)11-12)16(19)17(20(3)4)8-6-5-7-9-17/h10-11,16H,5-9,19H2,1-4H3. The Morgan fingerprint density at radius 1 is 1.15 bits per heavy atom. The summed E-state index contributed by atoms with van der Waals surface area (Å²) < 4.78 is 14.5. The summed E-state index contributed by atoms with van der Waals surface area (Å²) in [4.78, 5) is 2.22. The van der Waals surface area contributed by atoms with Crippen molar-refractivity contribution in [1.82, 2.24) is 4.90 Å². The van der Waals surface area contributed by atoms with Crippen LogP contribution in [0.15, 0.2) is 12.1 Å². The van der Waals surface area contributed by atoms with Crippen LogP contribution in [-0.2, 0) is 0 Å². The minimum atomic E-state index is -0.265. The number of aryl methyl sites for hydroxylation is 2. The Balaban J connectivity index is 2.45. The number of nitrogens with zero attached hydrogens (tertiary/aromatic N) is 1. The lowest BCUT2D eigenvalue weighted by molar-refractivity contribution is 0.0698. The summed E-state index contributed by atoms with van der Waals surface area (Å²) in [5.74, 6) is -0.151. The predicted molar refractivity (Wildman–Crippen MR) is 82.3 cm³/mol. The van der Waals surface area contributed by atoms with Gasteiger partial charge in [0.25, 0.3) is 0 Å². The molecule has 2 N–H and O–H groups in total. The quantitative estimate of drug-likeness (QED) is 0.913. The number of benzene rings is 1. The zero-order valence-electron chi connectivity index (χ0n) is 13.2. The molecule has 0 amide bonds. The second kappa shape index (κ2) is 5.82. The van der Waals surface area contributed by atoms with Gasteiger partial charge in [0.05, 0.1) is 6.04 Å². The molecule has 0 aromatic heterocycles. The molecule has 0 saturated heterocycles. The van der Waals surface area contributed by atoms with E-state index in [-0.39, 0.29) is 17.4 Å². The number of nitrogens with two attached hydrogens (primary N) is 1. The summed E-state index contributed by atoms with van der Waals surface area (Å²) in [6.07, 6.45) is 5.72. The van der Waals surface area contributed by atoms with Gasteiger partial charge in [0.2, 0.25) is 0 Å². The van der Waals surface area contributed by atoms with Gasteiger partial charge in [0.1, 0.15) is 5.82 Å². The molecule has 1 aliphatic rings. The average Bonchev–Trinajstić information content (AvgIpc) is 2.37. The van der Waals surface area contributed by atoms with E-state index in [9.17, 15) is 4.39 Å². The van der Waals surface area contributed by atoms with Crippen molar-refractivity contribution in [1.29, 1.82) is 0 Å². The summed E-state index contributed by atoms with van der Waals surface area (Å²) in [5.41, 5.74) is 9.09. The molecular weight excluding hydrogens is 251 g/mol. The first-order chi connectivity index (χ1) is 9.38. The number of hydrogen-bond donors (Lipinski definition) is 1. The highest BCUT2D eigenvalue weighted by Crippen LogP contribution is 2.42. The van der Waals surface area contributed by atoms with Gasteiger partial charge in [-0.3, -0.25) is 0 Å². The molecule has 1 aromatic rings. The molecule has 1 unspecified atom stereocenters. The van der Waals surface area contributed by atoms with Crippen molar-refractivity contribution in [2.75, 3.05) is 14.1 Å². The highest BCUT2D eigenvalue weighted by Gasteiger charge is 2.42. The fraction of sp³-hybridized carbons (Fsp3) is 0.647. The second-order valence-corrected chi connectivity index (χ2v) is 6.51. The third-order valence-corrected chi connectivity index (χ3v) is 4.98. The van der Waals surface area contributed by atoms with Crippen LogP contribution < -0.4 is 5.73 Å². The molecule has 2 rings (SSSR count). The van der Waals surface area contributed by atoms with Crippen molar-refractivity contribution >= 4 is 0 Å². The summed E-state index contributed by atoms with van der Waals surface area (Å²) in [6.45, 7) is 3.89. The van der Waals surface area contributed by atoms with E-state index >= 15 is 0 Å². The van der Waals surface area contributed by atoms with Crippen LogP contribution in [0.25, 0.3) is 0 Å². The molecule has 1 aliphatic carbocycles. The van der Waals surface area contributed by atoms with Gasteiger partial charge in [-0.1, -0.05) is 25.3 Å². The van der Waals surface area contributed by atoms with E-state index in [1.54, 1.807) is 6.07 Å². The van der Waals surface area contributed by atoms with E-state index in [0.717, 1.165) is 24.0 Å². The summed E-state index contributed by atoms with van der Waals surface area (Å²) in [6, 6.07) is 3.37. The van der Waals surface area contributed by atoms with Gasteiger partial charge >= 0.3 is 0 Å². The van der Waals surface area contributed by atoms with Gasteiger partial charge in [-0.15, -0.1) is 0 Å². The molecule has 3 heteroatoms. The van der Waals surface area contributed by atoms with Gasteiger partial charge in [-0.25, -0.2) is 4.39 Å². The van der Waals surface area contributed by atoms with Crippen LogP contribution in [0.1, 0.15) is 54.8 Å². The fourth-order valence-electron chi connectivity index (χ4n) is 3.79. The van der Waals surface area contributed by atoms with E-state index in [1.165, 1.54) is 19.3 Å². The summed E-state index contributed by atoms with van der Waals surface area (Å²) in [5, 5.41) is 0. The fourth-order valence-corrected chi connectivity index (χ4v) is 3.79. The molecule has 20 heavy (non-hydrogen) atoms. The summed E-state index contributed by atoms with van der Waals surface area (Å²) in [7, 11) is 4.15. The molecule has 0 radical (unpaired) electrons. The number of halogens is 1. The zero-order valence-corrected chi connectivity index (χ0v) is 13.2. The molecular formula is C17H27FN2. The van der Waals surface area contributed by atoms with Gasteiger partial charge in [0.15, 0.2) is 0 Å². The molecule has 1 saturated carbocycles. The number of likely N-dealkylation sites (N-methyl/N-ethyl adjacent to an activating group) is 1. The van der Waals surface area contributed by atoms with Crippen molar-refractivity contribution in [2.24, 2.45) is 5.73 Å². The molecule has 0 bridgehead atoms. The van der Waals surface area contributed by atoms with Crippen molar-refractivity contribution in [3.8, 4) is 0 Å². The third-order valence-electron chi connectivity index (χ3n) is 4.98. The van der Waals surface area contributed by atoms with E-state index in [4.69, 9.17) is 5.73 Å². The maximum absolute atomic E-state index is 14.5. The maximum Gasteiger partial charge on any atom is 0.128 e. The molecule has 1 fully saturated rings. The van der Waals surface area contributed by atoms with Crippen LogP contribution in [0, 0.1) is 19.7 Å². The highest BCUT2D eigenvalue weighted by atomic mass is 19.1. The largest absolute Gasteiger partial charge is 0.322 e. The first kappa shape index (κ1) is 15.5. The molecule has 112 valence electrons. The molecule has 2 nitrogen and oxygen atoms in total. The minimum Gasteiger partial charge on any atom is -0.322 e. The zero-order chi connectivity index (χ0) is 14.9. The van der Waals surface area contributed by atoms with E-state index in [2.05, 4.69) is 19.0 Å². The Kier molecular flexibility index (Phi) is 4.50. The smallest absolute Gasteiger partial charge is 0.128 e. The highest BCUT2D eigenvalue weighted by molar-refractivity contribution is 5.36. The Hall–Kier alpha value is -0.930. The van der Waals surface area contributed by atoms with Crippen LogP contribution in [0.2, 0.25) is 0 Å². The summed E-state index contributed by atoms with van der Waals surface area (Å²) >= 11 is 0. The van der Waals surface area contributed by atoms with Crippen molar-refractivity contribution in [3.63, 3.8) is 0 Å². The lowest BCUT2D eigenvalue weighted by Crippen LogP contribution is -2.53. The van der Waals surface area contributed by atoms with E-state index < -0.39 is 0 Å². The first-order valence-corrected chi connectivity index (χ1v) is 7.58. The van der Waals surface area contributed by atoms with Crippen LogP contribution in [0.4, 0.5) is 4.39 Å². The van der Waals surface area contributed by atoms with E-state index in [0.29, 0.717) is 5.56 Å². The Labute approximate surface area is 122 Å². The average molecular weight is 278 g/mol. The maximum atomic E-state index is 14.5. The SMILES string of the molecule is Cc1cc(C)c(C(N)C2(N(C)C)CCCCC2)c(F)c1. The topological polar surface area (TPSA) is 29.3 Å². The van der Waals surface area contributed by atoms with Crippen molar-refractivity contribution in [2.45, 2.75) is 57.5 Å². The number of rotatable bonds is 3. The van der Waals surface area contributed by atoms with Gasteiger partial charge in [-0.05, 0) is 58.0 Å². The Morgan fingerprint density at radius 2 is 1.75 bits per heavy atom. The molecule has 0 heterocycles. The van der Waals surface area contributed by atoms with Crippen molar-refractivity contribution in [3.05, 3.63) is 34.6 Å². The molecule has 1 atom stereocenters. The Bertz CT molecular complexity index is 453. The molecule has 1 aromatic carbocycles. The predicted octanol–water partition coefficient (Wildman–Crippen LogP) is 3.71. The first-order valence-electron chi connectivity index (χ1n) is 7.58. The van der Waals surface area contributed by atoms with Crippen LogP contribution in [0.3, 0.4) is 0 Å². The normalized spacial score (nSPS) is 20.1. The van der Waals surface area contributed by atoms with Gasteiger partial charge < -0.3 is 10.6 Å². The minimum absolute atomic E-state index is 0.112. The van der Waals surface area contributed by atoms with Gasteiger partial charge in [0, 0.05) is 11.1 Å². The van der Waals surface area contributed by atoms with E-state index in [1.807, 2.05) is 19.9 Å². The van der Waals surface area contributed by atoms with Crippen LogP contribution in [-0.4, -0.2) is 24.5 Å². The lowest BCUT2D eigenvalue weighted by Gasteiger charge is -2.47. The lowest BCUT2D eigenvalue weighted by atomic mass is 9.72. The van der Waals surface area contributed by atoms with Gasteiger partial charge in [-0.2, -0.15) is 0 Å². The number of hydrogen-bond acceptors (Lipinski definition) is 2. The van der Waals surface area contributed by atoms with Crippen LogP contribution >= 0.6 is 0 Å².